The molecule has 1 radical (unpaired) electrons. The number of primary amides is 1. The molecule has 3 N–H and O–H groups in total. The molecule has 0 aliphatic rings. The van der Waals surface area contributed by atoms with Crippen LogP contribution in [0.5, 0.6) is 0 Å². The maximum atomic E-state index is 10.2. The van der Waals surface area contributed by atoms with Crippen LogP contribution < -0.4 is 11.1 Å². The van der Waals surface area contributed by atoms with Gasteiger partial charge < -0.3 is 5.73 Å². The molecule has 10 heavy (non-hydrogen) atoms. The molecule has 0 aliphatic heterocycles. The van der Waals surface area contributed by atoms with Crippen molar-refractivity contribution in [3.8, 4) is 0 Å². The molecular weight excluding hydrogens is 132 g/mol. The normalized spacial score (nSPS) is 8.80. The minimum Gasteiger partial charge on any atom is -0.351 e. The van der Waals surface area contributed by atoms with Crippen LogP contribution in [0.25, 0.3) is 0 Å². The Morgan fingerprint density at radius 3 is 3.10 bits per heavy atom. The number of hydrogen-bond acceptors (Lipinski definition) is 3. The molecule has 0 unspecified atom stereocenters. The van der Waals surface area contributed by atoms with Gasteiger partial charge in [-0.25, -0.2) is 14.8 Å². The minimum atomic E-state index is -0.681. The molecule has 0 spiro atoms. The van der Waals surface area contributed by atoms with Crippen molar-refractivity contribution in [1.82, 2.24) is 9.97 Å². The molecule has 0 saturated carbocycles. The quantitative estimate of drug-likeness (QED) is 0.560. The summed E-state index contributed by atoms with van der Waals surface area (Å²) in [5.74, 6) is 0.162. The van der Waals surface area contributed by atoms with E-state index in [9.17, 15) is 4.79 Å². The zero-order valence-corrected chi connectivity index (χ0v) is 5.03. The maximum Gasteiger partial charge on any atom is 0.319 e. The Morgan fingerprint density at radius 1 is 1.80 bits per heavy atom. The van der Waals surface area contributed by atoms with Gasteiger partial charge in [0.15, 0.2) is 0 Å². The van der Waals surface area contributed by atoms with Gasteiger partial charge in [-0.05, 0) is 6.07 Å². The van der Waals surface area contributed by atoms with Crippen molar-refractivity contribution in [2.75, 3.05) is 5.32 Å². The van der Waals surface area contributed by atoms with Crippen LogP contribution in [0.4, 0.5) is 10.7 Å². The minimum absolute atomic E-state index is 0.162. The van der Waals surface area contributed by atoms with Crippen LogP contribution in [0.2, 0.25) is 0 Å². The lowest BCUT2D eigenvalue weighted by Gasteiger charge is -1.94. The highest BCUT2D eigenvalue weighted by molar-refractivity contribution is 5.85. The number of nitrogens with zero attached hydrogens (tertiary/aromatic N) is 2. The Balaban J connectivity index is 2.67. The molecule has 5 nitrogen and oxygen atoms in total. The van der Waals surface area contributed by atoms with E-state index in [1.807, 2.05) is 0 Å². The average Bonchev–Trinajstić information content (AvgIpc) is 1.88. The molecule has 1 rings (SSSR count). The van der Waals surface area contributed by atoms with E-state index >= 15 is 0 Å². The highest BCUT2D eigenvalue weighted by Gasteiger charge is 1.94. The van der Waals surface area contributed by atoms with E-state index in [0.29, 0.717) is 0 Å². The summed E-state index contributed by atoms with van der Waals surface area (Å²) in [6.07, 6.45) is 3.94. The van der Waals surface area contributed by atoms with Crippen molar-refractivity contribution < 1.29 is 4.79 Å². The fourth-order valence-electron chi connectivity index (χ4n) is 0.439. The number of amides is 2. The second kappa shape index (κ2) is 2.77. The van der Waals surface area contributed by atoms with Crippen molar-refractivity contribution in [2.45, 2.75) is 0 Å². The van der Waals surface area contributed by atoms with Crippen LogP contribution in [-0.2, 0) is 0 Å². The molecule has 51 valence electrons. The number of rotatable bonds is 1. The molecule has 1 aromatic rings. The third-order valence-corrected chi connectivity index (χ3v) is 0.751. The smallest absolute Gasteiger partial charge is 0.319 e. The summed E-state index contributed by atoms with van der Waals surface area (Å²) in [5, 5.41) is 2.19. The Labute approximate surface area is 57.3 Å². The second-order valence-electron chi connectivity index (χ2n) is 1.50. The van der Waals surface area contributed by atoms with Crippen molar-refractivity contribution >= 4 is 12.0 Å². The lowest BCUT2D eigenvalue weighted by atomic mass is 10.7. The van der Waals surface area contributed by atoms with Gasteiger partial charge in [0.25, 0.3) is 0 Å². The number of hydrogen-bond donors (Lipinski definition) is 2. The van der Waals surface area contributed by atoms with Gasteiger partial charge in [0.1, 0.15) is 0 Å². The lowest BCUT2D eigenvalue weighted by Crippen LogP contribution is -2.20. The summed E-state index contributed by atoms with van der Waals surface area (Å²) in [6.45, 7) is 0. The lowest BCUT2D eigenvalue weighted by molar-refractivity contribution is 0.259. The van der Waals surface area contributed by atoms with Gasteiger partial charge in [-0.3, -0.25) is 5.32 Å². The zero-order valence-electron chi connectivity index (χ0n) is 5.03. The number of nitrogens with two attached hydrogens (primary N) is 1. The molecule has 0 aliphatic carbocycles. The van der Waals surface area contributed by atoms with E-state index < -0.39 is 6.03 Å². The van der Waals surface area contributed by atoms with Crippen LogP contribution in [0.1, 0.15) is 0 Å². The van der Waals surface area contributed by atoms with E-state index in [4.69, 9.17) is 5.73 Å². The first-order chi connectivity index (χ1) is 4.79. The van der Waals surface area contributed by atoms with Gasteiger partial charge in [0.05, 0.1) is 6.20 Å². The summed E-state index contributed by atoms with van der Waals surface area (Å²) >= 11 is 0. The standard InChI is InChI=1S/C5H5N4O/c6-4(10)9-5-7-2-1-3-8-5/h1-2H,(H3,6,7,8,9,10). The highest BCUT2D eigenvalue weighted by atomic mass is 16.2. The Morgan fingerprint density at radius 2 is 2.60 bits per heavy atom. The molecule has 0 aromatic carbocycles. The number of carbonyl (C=O) groups excluding carboxylic acids is 1. The third kappa shape index (κ3) is 1.70. The van der Waals surface area contributed by atoms with Crippen LogP contribution >= 0.6 is 0 Å². The summed E-state index contributed by atoms with van der Waals surface area (Å²) in [5.41, 5.74) is 4.78. The summed E-state index contributed by atoms with van der Waals surface area (Å²) in [4.78, 5) is 17.4. The van der Waals surface area contributed by atoms with Gasteiger partial charge in [-0.15, -0.1) is 0 Å². The number of urea groups is 1. The van der Waals surface area contributed by atoms with E-state index in [1.54, 1.807) is 0 Å². The van der Waals surface area contributed by atoms with Gasteiger partial charge >= 0.3 is 6.03 Å². The molecule has 0 bridgehead atoms. The third-order valence-electron chi connectivity index (χ3n) is 0.751. The Kier molecular flexibility index (Phi) is 1.79. The molecule has 0 fully saturated rings. The van der Waals surface area contributed by atoms with E-state index in [2.05, 4.69) is 21.5 Å². The van der Waals surface area contributed by atoms with Crippen LogP contribution in [0.3, 0.4) is 0 Å². The SMILES string of the molecule is NC(=O)Nc1n[c]ccn1. The molecule has 5 heteroatoms. The number of anilines is 1. The molecule has 1 heterocycles. The predicted molar refractivity (Wildman–Crippen MR) is 34.1 cm³/mol. The fraction of sp³-hybridized carbons (Fsp3) is 0. The van der Waals surface area contributed by atoms with Crippen LogP contribution in [0, 0.1) is 6.20 Å². The van der Waals surface area contributed by atoms with Gasteiger partial charge in [-0.1, -0.05) is 0 Å². The molecule has 2 amide bonds. The predicted octanol–water partition coefficient (Wildman–Crippen LogP) is -0.233. The molecular formula is C5H5N4O. The van der Waals surface area contributed by atoms with Crippen molar-refractivity contribution in [3.63, 3.8) is 0 Å². The summed E-state index contributed by atoms with van der Waals surface area (Å²) in [6, 6.07) is 0.839. The van der Waals surface area contributed by atoms with Crippen molar-refractivity contribution in [1.29, 1.82) is 0 Å². The molecule has 0 saturated heterocycles. The monoisotopic (exact) mass is 137 g/mol. The van der Waals surface area contributed by atoms with E-state index in [0.717, 1.165) is 0 Å². The van der Waals surface area contributed by atoms with Gasteiger partial charge in [-0.2, -0.15) is 0 Å². The Hall–Kier alpha value is -1.65. The van der Waals surface area contributed by atoms with Gasteiger partial charge in [0, 0.05) is 6.20 Å². The Bertz CT molecular complexity index is 222. The van der Waals surface area contributed by atoms with E-state index in [-0.39, 0.29) is 5.95 Å². The fourth-order valence-corrected chi connectivity index (χ4v) is 0.439. The first-order valence-electron chi connectivity index (χ1n) is 2.54. The van der Waals surface area contributed by atoms with Crippen LogP contribution in [-0.4, -0.2) is 16.0 Å². The molecule has 1 aromatic heterocycles. The first kappa shape index (κ1) is 6.47. The van der Waals surface area contributed by atoms with Crippen molar-refractivity contribution in [2.24, 2.45) is 5.73 Å². The summed E-state index contributed by atoms with van der Waals surface area (Å²) < 4.78 is 0. The first-order valence-corrected chi connectivity index (χ1v) is 2.54. The van der Waals surface area contributed by atoms with E-state index in [1.165, 1.54) is 12.3 Å². The highest BCUT2D eigenvalue weighted by Crippen LogP contribution is 1.90. The second-order valence-corrected chi connectivity index (χ2v) is 1.50. The van der Waals surface area contributed by atoms with Crippen molar-refractivity contribution in [3.05, 3.63) is 18.5 Å². The number of aromatic nitrogens is 2. The average molecular weight is 137 g/mol. The number of carbonyl (C=O) groups is 1. The topological polar surface area (TPSA) is 80.9 Å². The summed E-state index contributed by atoms with van der Waals surface area (Å²) in [7, 11) is 0. The van der Waals surface area contributed by atoms with Gasteiger partial charge in [0.2, 0.25) is 5.95 Å². The zero-order chi connectivity index (χ0) is 7.40. The van der Waals surface area contributed by atoms with Crippen LogP contribution in [0.15, 0.2) is 12.3 Å². The maximum absolute atomic E-state index is 10.2. The largest absolute Gasteiger partial charge is 0.351 e. The number of nitrogens with one attached hydrogen (secondary N) is 1. The molecule has 0 atom stereocenters.